The quantitative estimate of drug-likeness (QED) is 0.848. The molecule has 2 rings (SSSR count). The fourth-order valence-corrected chi connectivity index (χ4v) is 2.18. The Balaban J connectivity index is 1.99. The van der Waals surface area contributed by atoms with Gasteiger partial charge in [-0.05, 0) is 31.4 Å². The van der Waals surface area contributed by atoms with E-state index in [0.717, 1.165) is 25.3 Å². The summed E-state index contributed by atoms with van der Waals surface area (Å²) in [4.78, 5) is 10.9. The van der Waals surface area contributed by atoms with Crippen LogP contribution in [0.5, 0.6) is 0 Å². The third-order valence-corrected chi connectivity index (χ3v) is 3.29. The third kappa shape index (κ3) is 2.86. The largest absolute Gasteiger partial charge is 0.372 e. The van der Waals surface area contributed by atoms with Crippen molar-refractivity contribution < 1.29 is 13.9 Å². The van der Waals surface area contributed by atoms with Crippen molar-refractivity contribution >= 4 is 5.91 Å². The SMILES string of the molecule is NC(=O)c1ccc(COC2CCCC2N)c(F)c1. The Kier molecular flexibility index (Phi) is 3.93. The molecule has 98 valence electrons. The molecule has 1 amide bonds. The van der Waals surface area contributed by atoms with Gasteiger partial charge in [0.2, 0.25) is 5.91 Å². The maximum atomic E-state index is 13.7. The van der Waals surface area contributed by atoms with Crippen LogP contribution in [0.1, 0.15) is 35.2 Å². The van der Waals surface area contributed by atoms with Crippen LogP contribution in [-0.2, 0) is 11.3 Å². The van der Waals surface area contributed by atoms with E-state index >= 15 is 0 Å². The van der Waals surface area contributed by atoms with Gasteiger partial charge in [0, 0.05) is 17.2 Å². The van der Waals surface area contributed by atoms with Crippen molar-refractivity contribution in [1.82, 2.24) is 0 Å². The number of benzene rings is 1. The highest BCUT2D eigenvalue weighted by Gasteiger charge is 2.24. The van der Waals surface area contributed by atoms with Crippen LogP contribution in [0.3, 0.4) is 0 Å². The van der Waals surface area contributed by atoms with Gasteiger partial charge in [-0.3, -0.25) is 4.79 Å². The fourth-order valence-electron chi connectivity index (χ4n) is 2.18. The van der Waals surface area contributed by atoms with Crippen LogP contribution >= 0.6 is 0 Å². The number of halogens is 1. The normalized spacial score (nSPS) is 23.2. The topological polar surface area (TPSA) is 78.3 Å². The Labute approximate surface area is 105 Å². The Morgan fingerprint density at radius 3 is 2.78 bits per heavy atom. The van der Waals surface area contributed by atoms with Crippen LogP contribution < -0.4 is 11.5 Å². The van der Waals surface area contributed by atoms with E-state index in [4.69, 9.17) is 16.2 Å². The molecule has 1 aliphatic rings. The van der Waals surface area contributed by atoms with Gasteiger partial charge in [-0.25, -0.2) is 4.39 Å². The number of ether oxygens (including phenoxy) is 1. The first-order valence-corrected chi connectivity index (χ1v) is 6.03. The minimum atomic E-state index is -0.640. The van der Waals surface area contributed by atoms with E-state index in [2.05, 4.69) is 0 Å². The van der Waals surface area contributed by atoms with Crippen LogP contribution in [0.4, 0.5) is 4.39 Å². The molecule has 1 saturated carbocycles. The van der Waals surface area contributed by atoms with Gasteiger partial charge in [-0.15, -0.1) is 0 Å². The van der Waals surface area contributed by atoms with E-state index < -0.39 is 11.7 Å². The Morgan fingerprint density at radius 2 is 2.22 bits per heavy atom. The summed E-state index contributed by atoms with van der Waals surface area (Å²) in [6.07, 6.45) is 2.92. The van der Waals surface area contributed by atoms with E-state index in [1.165, 1.54) is 12.1 Å². The number of rotatable bonds is 4. The molecule has 0 aromatic heterocycles. The number of carbonyl (C=O) groups is 1. The molecule has 2 atom stereocenters. The Bertz CT molecular complexity index is 451. The summed E-state index contributed by atoms with van der Waals surface area (Å²) in [5.41, 5.74) is 11.5. The molecule has 0 spiro atoms. The van der Waals surface area contributed by atoms with Crippen LogP contribution in [0, 0.1) is 5.82 Å². The monoisotopic (exact) mass is 252 g/mol. The molecule has 2 unspecified atom stereocenters. The second kappa shape index (κ2) is 5.46. The van der Waals surface area contributed by atoms with Crippen LogP contribution in [-0.4, -0.2) is 18.1 Å². The summed E-state index contributed by atoms with van der Waals surface area (Å²) < 4.78 is 19.3. The Hall–Kier alpha value is -1.46. The zero-order chi connectivity index (χ0) is 13.1. The molecule has 1 aliphatic carbocycles. The molecule has 0 saturated heterocycles. The first-order chi connectivity index (χ1) is 8.58. The molecular formula is C13H17FN2O2. The number of primary amides is 1. The average Bonchev–Trinajstić information content (AvgIpc) is 2.73. The number of amides is 1. The smallest absolute Gasteiger partial charge is 0.248 e. The second-order valence-corrected chi connectivity index (χ2v) is 4.61. The number of hydrogen-bond donors (Lipinski definition) is 2. The third-order valence-electron chi connectivity index (χ3n) is 3.29. The minimum Gasteiger partial charge on any atom is -0.372 e. The number of nitrogens with two attached hydrogens (primary N) is 2. The summed E-state index contributed by atoms with van der Waals surface area (Å²) in [6.45, 7) is 0.170. The molecule has 0 aliphatic heterocycles. The molecule has 0 radical (unpaired) electrons. The fraction of sp³-hybridized carbons (Fsp3) is 0.462. The first-order valence-electron chi connectivity index (χ1n) is 6.03. The number of carbonyl (C=O) groups excluding carboxylic acids is 1. The highest BCUT2D eigenvalue weighted by molar-refractivity contribution is 5.92. The van der Waals surface area contributed by atoms with Crippen molar-refractivity contribution in [3.05, 3.63) is 35.1 Å². The lowest BCUT2D eigenvalue weighted by molar-refractivity contribution is 0.0342. The van der Waals surface area contributed by atoms with Crippen molar-refractivity contribution in [1.29, 1.82) is 0 Å². The molecule has 1 aromatic rings. The van der Waals surface area contributed by atoms with Gasteiger partial charge in [0.1, 0.15) is 5.82 Å². The highest BCUT2D eigenvalue weighted by atomic mass is 19.1. The van der Waals surface area contributed by atoms with E-state index in [-0.39, 0.29) is 24.3 Å². The summed E-state index contributed by atoms with van der Waals surface area (Å²) in [5, 5.41) is 0. The van der Waals surface area contributed by atoms with Gasteiger partial charge in [0.15, 0.2) is 0 Å². The van der Waals surface area contributed by atoms with E-state index in [0.29, 0.717) is 5.56 Å². The zero-order valence-corrected chi connectivity index (χ0v) is 10.1. The van der Waals surface area contributed by atoms with Gasteiger partial charge in [0.25, 0.3) is 0 Å². The maximum Gasteiger partial charge on any atom is 0.248 e. The summed E-state index contributed by atoms with van der Waals surface area (Å²) >= 11 is 0. The van der Waals surface area contributed by atoms with Crippen molar-refractivity contribution in [3.63, 3.8) is 0 Å². The van der Waals surface area contributed by atoms with Crippen LogP contribution in [0.2, 0.25) is 0 Å². The van der Waals surface area contributed by atoms with Crippen molar-refractivity contribution in [2.24, 2.45) is 11.5 Å². The predicted molar refractivity (Wildman–Crippen MR) is 65.3 cm³/mol. The zero-order valence-electron chi connectivity index (χ0n) is 10.1. The summed E-state index contributed by atoms with van der Waals surface area (Å²) in [7, 11) is 0. The highest BCUT2D eigenvalue weighted by Crippen LogP contribution is 2.22. The second-order valence-electron chi connectivity index (χ2n) is 4.61. The molecule has 5 heteroatoms. The van der Waals surface area contributed by atoms with E-state index in [1.807, 2.05) is 0 Å². The molecule has 0 heterocycles. The van der Waals surface area contributed by atoms with Gasteiger partial charge in [0.05, 0.1) is 12.7 Å². The molecule has 1 fully saturated rings. The van der Waals surface area contributed by atoms with Crippen molar-refractivity contribution in [2.45, 2.75) is 38.0 Å². The van der Waals surface area contributed by atoms with E-state index in [9.17, 15) is 9.18 Å². The van der Waals surface area contributed by atoms with Crippen LogP contribution in [0.25, 0.3) is 0 Å². The minimum absolute atomic E-state index is 0.000201. The molecule has 18 heavy (non-hydrogen) atoms. The average molecular weight is 252 g/mol. The molecule has 4 N–H and O–H groups in total. The lowest BCUT2D eigenvalue weighted by Gasteiger charge is -2.16. The molecule has 1 aromatic carbocycles. The lowest BCUT2D eigenvalue weighted by atomic mass is 10.1. The van der Waals surface area contributed by atoms with E-state index in [1.54, 1.807) is 0 Å². The van der Waals surface area contributed by atoms with Crippen molar-refractivity contribution in [3.8, 4) is 0 Å². The van der Waals surface area contributed by atoms with Gasteiger partial charge >= 0.3 is 0 Å². The Morgan fingerprint density at radius 1 is 1.44 bits per heavy atom. The van der Waals surface area contributed by atoms with Gasteiger partial charge in [-0.1, -0.05) is 6.07 Å². The molecule has 0 bridgehead atoms. The molecular weight excluding hydrogens is 235 g/mol. The summed E-state index contributed by atoms with van der Waals surface area (Å²) in [6, 6.07) is 4.20. The van der Waals surface area contributed by atoms with Gasteiger partial charge in [-0.2, -0.15) is 0 Å². The lowest BCUT2D eigenvalue weighted by Crippen LogP contribution is -2.31. The first kappa shape index (κ1) is 13.0. The summed E-state index contributed by atoms with van der Waals surface area (Å²) in [5.74, 6) is -1.11. The van der Waals surface area contributed by atoms with Crippen molar-refractivity contribution in [2.75, 3.05) is 0 Å². The maximum absolute atomic E-state index is 13.7. The number of hydrogen-bond acceptors (Lipinski definition) is 3. The van der Waals surface area contributed by atoms with Gasteiger partial charge < -0.3 is 16.2 Å². The standard InChI is InChI=1S/C13H17FN2O2/c14-10-6-8(13(16)17)4-5-9(10)7-18-12-3-1-2-11(12)15/h4-6,11-12H,1-3,7,15H2,(H2,16,17). The van der Waals surface area contributed by atoms with Crippen LogP contribution in [0.15, 0.2) is 18.2 Å². The predicted octanol–water partition coefficient (Wildman–Crippen LogP) is 1.32. The molecule has 4 nitrogen and oxygen atoms in total.